The highest BCUT2D eigenvalue weighted by molar-refractivity contribution is 7.99. The van der Waals surface area contributed by atoms with Crippen molar-refractivity contribution in [1.82, 2.24) is 14.5 Å². The maximum Gasteiger partial charge on any atom is 0.329 e. The summed E-state index contributed by atoms with van der Waals surface area (Å²) in [5.74, 6) is 0. The van der Waals surface area contributed by atoms with E-state index in [4.69, 9.17) is 0 Å². The van der Waals surface area contributed by atoms with E-state index in [2.05, 4.69) is 63.3 Å². The van der Waals surface area contributed by atoms with E-state index in [1.54, 1.807) is 16.3 Å². The zero-order valence-electron chi connectivity index (χ0n) is 17.3. The Hall–Kier alpha value is -2.24. The van der Waals surface area contributed by atoms with Crippen LogP contribution in [0, 0.1) is 13.8 Å². The molecule has 0 atom stereocenters. The number of rotatable bonds is 7. The van der Waals surface area contributed by atoms with Gasteiger partial charge in [-0.3, -0.25) is 9.13 Å². The fraction of sp³-hybridized carbons (Fsp3) is 0.348. The Bertz CT molecular complexity index is 982. The van der Waals surface area contributed by atoms with Crippen LogP contribution in [0.1, 0.15) is 42.3 Å². The Morgan fingerprint density at radius 3 is 2.25 bits per heavy atom. The fourth-order valence-electron chi connectivity index (χ4n) is 3.43. The number of aromatic nitrogens is 2. The van der Waals surface area contributed by atoms with Crippen LogP contribution in [-0.4, -0.2) is 9.13 Å². The zero-order chi connectivity index (χ0) is 20.3. The second kappa shape index (κ2) is 8.84. The summed E-state index contributed by atoms with van der Waals surface area (Å²) in [6, 6.07) is 17.0. The molecule has 2 aromatic carbocycles. The van der Waals surface area contributed by atoms with Crippen molar-refractivity contribution in [2.45, 2.75) is 56.7 Å². The molecule has 0 unspecified atom stereocenters. The summed E-state index contributed by atoms with van der Waals surface area (Å²) < 4.78 is 3.69. The van der Waals surface area contributed by atoms with Crippen LogP contribution in [0.15, 0.2) is 63.2 Å². The number of hydrogen-bond acceptors (Lipinski definition) is 3. The predicted octanol–water partition coefficient (Wildman–Crippen LogP) is 4.83. The first kappa shape index (κ1) is 20.5. The molecular formula is C23H29N3OS. The Labute approximate surface area is 171 Å². The van der Waals surface area contributed by atoms with E-state index in [-0.39, 0.29) is 11.7 Å². The van der Waals surface area contributed by atoms with Crippen molar-refractivity contribution in [3.05, 3.63) is 81.4 Å². The van der Waals surface area contributed by atoms with Gasteiger partial charge in [-0.25, -0.2) is 4.79 Å². The minimum atomic E-state index is 0.0402. The highest BCUT2D eigenvalue weighted by atomic mass is 32.2. The van der Waals surface area contributed by atoms with Gasteiger partial charge < -0.3 is 5.32 Å². The lowest BCUT2D eigenvalue weighted by Gasteiger charge is -2.13. The second-order valence-corrected chi connectivity index (χ2v) is 8.63. The third-order valence-corrected chi connectivity index (χ3v) is 5.85. The predicted molar refractivity (Wildman–Crippen MR) is 117 cm³/mol. The number of imidazole rings is 1. The lowest BCUT2D eigenvalue weighted by atomic mass is 10.2. The number of hydrogen-bond donors (Lipinski definition) is 1. The van der Waals surface area contributed by atoms with E-state index in [9.17, 15) is 4.79 Å². The van der Waals surface area contributed by atoms with Crippen LogP contribution < -0.4 is 11.0 Å². The third-order valence-electron chi connectivity index (χ3n) is 4.75. The van der Waals surface area contributed by atoms with E-state index >= 15 is 0 Å². The number of nitrogens with one attached hydrogen (secondary N) is 1. The summed E-state index contributed by atoms with van der Waals surface area (Å²) >= 11 is 1.68. The van der Waals surface area contributed by atoms with E-state index in [0.29, 0.717) is 6.54 Å². The van der Waals surface area contributed by atoms with Crippen molar-refractivity contribution in [2.75, 3.05) is 0 Å². The molecule has 0 saturated carbocycles. The minimum Gasteiger partial charge on any atom is -0.307 e. The van der Waals surface area contributed by atoms with Gasteiger partial charge in [-0.05, 0) is 56.5 Å². The summed E-state index contributed by atoms with van der Waals surface area (Å²) in [6.45, 7) is 9.77. The molecule has 0 aliphatic carbocycles. The van der Waals surface area contributed by atoms with Crippen LogP contribution in [0.3, 0.4) is 0 Å². The SMILES string of the molecule is Cc1cc(C)cc(Sc2c(CNCc3ccccc3)n(C)c(=O)n2C(C)C)c1. The van der Waals surface area contributed by atoms with Crippen LogP contribution in [0.5, 0.6) is 0 Å². The maximum absolute atomic E-state index is 12.9. The average Bonchev–Trinajstić information content (AvgIpc) is 2.86. The van der Waals surface area contributed by atoms with Crippen LogP contribution >= 0.6 is 11.8 Å². The highest BCUT2D eigenvalue weighted by Gasteiger charge is 2.20. The van der Waals surface area contributed by atoms with Gasteiger partial charge in [0.15, 0.2) is 0 Å². The first-order valence-electron chi connectivity index (χ1n) is 9.67. The monoisotopic (exact) mass is 395 g/mol. The van der Waals surface area contributed by atoms with E-state index in [1.807, 2.05) is 29.8 Å². The zero-order valence-corrected chi connectivity index (χ0v) is 18.1. The van der Waals surface area contributed by atoms with Crippen LogP contribution in [-0.2, 0) is 20.1 Å². The maximum atomic E-state index is 12.9. The summed E-state index contributed by atoms with van der Waals surface area (Å²) in [7, 11) is 1.87. The first-order chi connectivity index (χ1) is 13.4. The van der Waals surface area contributed by atoms with Gasteiger partial charge >= 0.3 is 5.69 Å². The van der Waals surface area contributed by atoms with Gasteiger partial charge in [-0.2, -0.15) is 0 Å². The standard InChI is InChI=1S/C23H29N3OS/c1-16(2)26-22(28-20-12-17(3)11-18(4)13-20)21(25(5)23(26)27)15-24-14-19-9-7-6-8-10-19/h6-13,16,24H,14-15H2,1-5H3. The molecule has 1 heterocycles. The van der Waals surface area contributed by atoms with Gasteiger partial charge in [-0.15, -0.1) is 0 Å². The molecular weight excluding hydrogens is 366 g/mol. The quantitative estimate of drug-likeness (QED) is 0.623. The summed E-state index contributed by atoms with van der Waals surface area (Å²) in [5, 5.41) is 4.52. The fourth-order valence-corrected chi connectivity index (χ4v) is 4.86. The van der Waals surface area contributed by atoms with Crippen LogP contribution in [0.25, 0.3) is 0 Å². The molecule has 0 fully saturated rings. The summed E-state index contributed by atoms with van der Waals surface area (Å²) in [5.41, 5.74) is 4.78. The second-order valence-electron chi connectivity index (χ2n) is 7.57. The lowest BCUT2D eigenvalue weighted by molar-refractivity contribution is 0.532. The molecule has 3 aromatic rings. The minimum absolute atomic E-state index is 0.0402. The molecule has 1 N–H and O–H groups in total. The Balaban J connectivity index is 1.92. The van der Waals surface area contributed by atoms with Gasteiger partial charge in [-0.1, -0.05) is 48.2 Å². The van der Waals surface area contributed by atoms with Crippen molar-refractivity contribution in [2.24, 2.45) is 7.05 Å². The van der Waals surface area contributed by atoms with Crippen molar-refractivity contribution < 1.29 is 0 Å². The molecule has 1 aromatic heterocycles. The molecule has 4 nitrogen and oxygen atoms in total. The largest absolute Gasteiger partial charge is 0.329 e. The molecule has 0 aliphatic rings. The van der Waals surface area contributed by atoms with E-state index < -0.39 is 0 Å². The number of aryl methyl sites for hydroxylation is 2. The number of nitrogens with zero attached hydrogens (tertiary/aromatic N) is 2. The molecule has 3 rings (SSSR count). The van der Waals surface area contributed by atoms with Crippen molar-refractivity contribution in [1.29, 1.82) is 0 Å². The molecule has 0 spiro atoms. The Morgan fingerprint density at radius 2 is 1.64 bits per heavy atom. The highest BCUT2D eigenvalue weighted by Crippen LogP contribution is 2.33. The summed E-state index contributed by atoms with van der Waals surface area (Å²) in [6.07, 6.45) is 0. The lowest BCUT2D eigenvalue weighted by Crippen LogP contribution is -2.25. The van der Waals surface area contributed by atoms with Gasteiger partial charge in [0.05, 0.1) is 5.69 Å². The van der Waals surface area contributed by atoms with Crippen molar-refractivity contribution >= 4 is 11.8 Å². The van der Waals surface area contributed by atoms with Crippen molar-refractivity contribution in [3.63, 3.8) is 0 Å². The molecule has 28 heavy (non-hydrogen) atoms. The average molecular weight is 396 g/mol. The smallest absolute Gasteiger partial charge is 0.307 e. The topological polar surface area (TPSA) is 39.0 Å². The molecule has 148 valence electrons. The van der Waals surface area contributed by atoms with E-state index in [0.717, 1.165) is 17.3 Å². The molecule has 0 aliphatic heterocycles. The number of benzene rings is 2. The van der Waals surface area contributed by atoms with Crippen molar-refractivity contribution in [3.8, 4) is 0 Å². The normalized spacial score (nSPS) is 11.4. The molecule has 0 saturated heterocycles. The molecule has 5 heteroatoms. The first-order valence-corrected chi connectivity index (χ1v) is 10.5. The van der Waals surface area contributed by atoms with Gasteiger partial charge in [0.1, 0.15) is 5.03 Å². The van der Waals surface area contributed by atoms with Crippen LogP contribution in [0.2, 0.25) is 0 Å². The molecule has 0 radical (unpaired) electrons. The van der Waals surface area contributed by atoms with Gasteiger partial charge in [0, 0.05) is 31.1 Å². The van der Waals surface area contributed by atoms with E-state index in [1.165, 1.54) is 21.6 Å². The summed E-state index contributed by atoms with van der Waals surface area (Å²) in [4.78, 5) is 14.1. The molecule has 0 amide bonds. The van der Waals surface area contributed by atoms with Gasteiger partial charge in [0.25, 0.3) is 0 Å². The molecule has 0 bridgehead atoms. The van der Waals surface area contributed by atoms with Gasteiger partial charge in [0.2, 0.25) is 0 Å². The van der Waals surface area contributed by atoms with Crippen LogP contribution in [0.4, 0.5) is 0 Å². The Morgan fingerprint density at radius 1 is 1.00 bits per heavy atom. The third kappa shape index (κ3) is 4.59. The Kier molecular flexibility index (Phi) is 6.47.